The van der Waals surface area contributed by atoms with Gasteiger partial charge in [0.15, 0.2) is 0 Å². The first-order valence-electron chi connectivity index (χ1n) is 5.79. The fourth-order valence-electron chi connectivity index (χ4n) is 1.54. The van der Waals surface area contributed by atoms with Gasteiger partial charge in [-0.2, -0.15) is 0 Å². The molecule has 2 aromatic heterocycles. The fourth-order valence-corrected chi connectivity index (χ4v) is 1.73. The number of halogens is 1. The van der Waals surface area contributed by atoms with E-state index in [0.717, 1.165) is 35.1 Å². The van der Waals surface area contributed by atoms with E-state index in [1.807, 2.05) is 26.8 Å². The Balaban J connectivity index is 2.15. The average Bonchev–Trinajstić information content (AvgIpc) is 2.77. The summed E-state index contributed by atoms with van der Waals surface area (Å²) in [5, 5.41) is 7.60. The third kappa shape index (κ3) is 2.79. The van der Waals surface area contributed by atoms with Crippen molar-refractivity contribution in [3.63, 3.8) is 0 Å². The quantitative estimate of drug-likeness (QED) is 0.862. The van der Waals surface area contributed by atoms with Crippen molar-refractivity contribution in [3.8, 4) is 0 Å². The Kier molecular flexibility index (Phi) is 3.81. The van der Waals surface area contributed by atoms with Gasteiger partial charge in [0.25, 0.3) is 0 Å². The second-order valence-corrected chi connectivity index (χ2v) is 4.40. The summed E-state index contributed by atoms with van der Waals surface area (Å²) in [5.74, 6) is 2.26. The monoisotopic (exact) mass is 266 g/mol. The Morgan fingerprint density at radius 1 is 1.33 bits per heavy atom. The van der Waals surface area contributed by atoms with Gasteiger partial charge in [-0.3, -0.25) is 0 Å². The van der Waals surface area contributed by atoms with E-state index in [0.29, 0.717) is 11.7 Å². The molecule has 0 spiro atoms. The predicted molar refractivity (Wildman–Crippen MR) is 69.7 cm³/mol. The summed E-state index contributed by atoms with van der Waals surface area (Å²) < 4.78 is 5.00. The molecule has 6 heteroatoms. The van der Waals surface area contributed by atoms with Crippen molar-refractivity contribution in [1.29, 1.82) is 0 Å². The minimum absolute atomic E-state index is 0.487. The Labute approximate surface area is 111 Å². The number of hydrogen-bond donors (Lipinski definition) is 1. The van der Waals surface area contributed by atoms with Crippen LogP contribution in [0.2, 0.25) is 5.15 Å². The second-order valence-electron chi connectivity index (χ2n) is 4.04. The molecule has 0 aliphatic rings. The molecular weight excluding hydrogens is 252 g/mol. The lowest BCUT2D eigenvalue weighted by atomic mass is 10.3. The van der Waals surface area contributed by atoms with E-state index in [-0.39, 0.29) is 0 Å². The largest absolute Gasteiger partial charge is 0.364 e. The maximum atomic E-state index is 6.06. The summed E-state index contributed by atoms with van der Waals surface area (Å²) in [5.41, 5.74) is 1.67. The van der Waals surface area contributed by atoms with E-state index in [2.05, 4.69) is 20.4 Å². The van der Waals surface area contributed by atoms with Gasteiger partial charge in [-0.05, 0) is 13.8 Å². The molecule has 0 saturated heterocycles. The number of anilines is 1. The Morgan fingerprint density at radius 2 is 2.11 bits per heavy atom. The van der Waals surface area contributed by atoms with Gasteiger partial charge in [-0.15, -0.1) is 0 Å². The van der Waals surface area contributed by atoms with Gasteiger partial charge in [0, 0.05) is 18.1 Å². The maximum Gasteiger partial charge on any atom is 0.137 e. The van der Waals surface area contributed by atoms with Crippen LogP contribution in [-0.4, -0.2) is 15.1 Å². The molecule has 5 nitrogen and oxygen atoms in total. The zero-order valence-electron chi connectivity index (χ0n) is 10.6. The van der Waals surface area contributed by atoms with Crippen molar-refractivity contribution in [1.82, 2.24) is 15.1 Å². The van der Waals surface area contributed by atoms with Crippen LogP contribution < -0.4 is 5.32 Å². The van der Waals surface area contributed by atoms with Gasteiger partial charge < -0.3 is 9.84 Å². The highest BCUT2D eigenvalue weighted by Crippen LogP contribution is 2.20. The van der Waals surface area contributed by atoms with Crippen LogP contribution in [0, 0.1) is 13.8 Å². The first-order chi connectivity index (χ1) is 8.60. The number of rotatable bonds is 4. The molecule has 0 aliphatic heterocycles. The third-order valence-electron chi connectivity index (χ3n) is 2.56. The van der Waals surface area contributed by atoms with E-state index < -0.39 is 0 Å². The molecule has 0 radical (unpaired) electrons. The highest BCUT2D eigenvalue weighted by atomic mass is 35.5. The van der Waals surface area contributed by atoms with E-state index in [1.54, 1.807) is 0 Å². The average molecular weight is 267 g/mol. The van der Waals surface area contributed by atoms with Gasteiger partial charge in [0.05, 0.1) is 6.54 Å². The Hall–Kier alpha value is -1.62. The number of nitrogens with zero attached hydrogens (tertiary/aromatic N) is 3. The van der Waals surface area contributed by atoms with Crippen LogP contribution in [0.5, 0.6) is 0 Å². The molecule has 1 N–H and O–H groups in total. The predicted octanol–water partition coefficient (Wildman–Crippen LogP) is 2.91. The maximum absolute atomic E-state index is 6.06. The smallest absolute Gasteiger partial charge is 0.137 e. The standard InChI is InChI=1S/C12H15ClN4O/c1-4-10-15-11(13)8(3)12(16-10)14-6-9-5-7(2)18-17-9/h5H,4,6H2,1-3H3,(H,14,15,16). The molecule has 0 fully saturated rings. The minimum atomic E-state index is 0.487. The van der Waals surface area contributed by atoms with Crippen molar-refractivity contribution >= 4 is 17.4 Å². The zero-order chi connectivity index (χ0) is 13.1. The van der Waals surface area contributed by atoms with Crippen molar-refractivity contribution in [2.45, 2.75) is 33.7 Å². The number of aryl methyl sites for hydroxylation is 2. The van der Waals surface area contributed by atoms with Gasteiger partial charge in [0.1, 0.15) is 28.2 Å². The topological polar surface area (TPSA) is 63.8 Å². The highest BCUT2D eigenvalue weighted by Gasteiger charge is 2.09. The lowest BCUT2D eigenvalue weighted by Gasteiger charge is -2.09. The van der Waals surface area contributed by atoms with Gasteiger partial charge in [0.2, 0.25) is 0 Å². The number of aromatic nitrogens is 3. The first-order valence-corrected chi connectivity index (χ1v) is 6.17. The first kappa shape index (κ1) is 12.8. The molecule has 0 atom stereocenters. The van der Waals surface area contributed by atoms with E-state index >= 15 is 0 Å². The molecular formula is C12H15ClN4O. The van der Waals surface area contributed by atoms with Gasteiger partial charge in [-0.1, -0.05) is 23.7 Å². The summed E-state index contributed by atoms with van der Waals surface area (Å²) in [6.07, 6.45) is 0.748. The lowest BCUT2D eigenvalue weighted by molar-refractivity contribution is 0.391. The molecule has 0 aliphatic carbocycles. The van der Waals surface area contributed by atoms with Crippen LogP contribution in [-0.2, 0) is 13.0 Å². The van der Waals surface area contributed by atoms with Crippen LogP contribution in [0.1, 0.15) is 29.8 Å². The molecule has 2 heterocycles. The van der Waals surface area contributed by atoms with Crippen LogP contribution in [0.4, 0.5) is 5.82 Å². The molecule has 0 amide bonds. The molecule has 96 valence electrons. The summed E-state index contributed by atoms with van der Waals surface area (Å²) >= 11 is 6.06. The molecule has 2 aromatic rings. The van der Waals surface area contributed by atoms with Gasteiger partial charge in [-0.25, -0.2) is 9.97 Å². The number of nitrogens with one attached hydrogen (secondary N) is 1. The zero-order valence-corrected chi connectivity index (χ0v) is 11.4. The third-order valence-corrected chi connectivity index (χ3v) is 2.93. The van der Waals surface area contributed by atoms with E-state index in [9.17, 15) is 0 Å². The Bertz CT molecular complexity index is 553. The SMILES string of the molecule is CCc1nc(Cl)c(C)c(NCc2cc(C)on2)n1. The van der Waals surface area contributed by atoms with E-state index in [4.69, 9.17) is 16.1 Å². The molecule has 0 bridgehead atoms. The summed E-state index contributed by atoms with van der Waals surface area (Å²) in [7, 11) is 0. The van der Waals surface area contributed by atoms with Crippen LogP contribution >= 0.6 is 11.6 Å². The molecule has 0 saturated carbocycles. The highest BCUT2D eigenvalue weighted by molar-refractivity contribution is 6.30. The summed E-state index contributed by atoms with van der Waals surface area (Å²) in [6, 6.07) is 1.88. The normalized spacial score (nSPS) is 10.7. The Morgan fingerprint density at radius 3 is 2.72 bits per heavy atom. The second kappa shape index (κ2) is 5.35. The van der Waals surface area contributed by atoms with Crippen LogP contribution in [0.3, 0.4) is 0 Å². The number of hydrogen-bond acceptors (Lipinski definition) is 5. The molecule has 2 rings (SSSR count). The van der Waals surface area contributed by atoms with E-state index in [1.165, 1.54) is 0 Å². The molecule has 0 unspecified atom stereocenters. The van der Waals surface area contributed by atoms with Gasteiger partial charge >= 0.3 is 0 Å². The van der Waals surface area contributed by atoms with Crippen molar-refractivity contribution in [2.24, 2.45) is 0 Å². The van der Waals surface area contributed by atoms with Crippen molar-refractivity contribution in [2.75, 3.05) is 5.32 Å². The molecule has 0 aromatic carbocycles. The molecule has 18 heavy (non-hydrogen) atoms. The van der Waals surface area contributed by atoms with Crippen molar-refractivity contribution < 1.29 is 4.52 Å². The lowest BCUT2D eigenvalue weighted by Crippen LogP contribution is -2.07. The summed E-state index contributed by atoms with van der Waals surface area (Å²) in [4.78, 5) is 8.60. The minimum Gasteiger partial charge on any atom is -0.364 e. The van der Waals surface area contributed by atoms with Crippen LogP contribution in [0.25, 0.3) is 0 Å². The summed E-state index contributed by atoms with van der Waals surface area (Å²) in [6.45, 7) is 6.29. The van der Waals surface area contributed by atoms with Crippen LogP contribution in [0.15, 0.2) is 10.6 Å². The van der Waals surface area contributed by atoms with Crippen molar-refractivity contribution in [3.05, 3.63) is 34.1 Å². The fraction of sp³-hybridized carbons (Fsp3) is 0.417.